The van der Waals surface area contributed by atoms with Gasteiger partial charge >= 0.3 is 0 Å². The minimum Gasteiger partial charge on any atom is -0.386 e. The van der Waals surface area contributed by atoms with Crippen LogP contribution in [-0.2, 0) is 0 Å². The van der Waals surface area contributed by atoms with Gasteiger partial charge in [0.05, 0.1) is 5.82 Å². The van der Waals surface area contributed by atoms with E-state index in [4.69, 9.17) is 5.73 Å². The molecule has 0 aromatic heterocycles. The molecule has 2 nitrogen and oxygen atoms in total. The molecule has 1 saturated carbocycles. The maximum absolute atomic E-state index is 5.83. The second-order valence-electron chi connectivity index (χ2n) is 3.50. The highest BCUT2D eigenvalue weighted by Crippen LogP contribution is 2.25. The van der Waals surface area contributed by atoms with Crippen molar-refractivity contribution >= 4 is 0 Å². The normalized spacial score (nSPS) is 15.6. The molecular formula is C10H20N2. The zero-order valence-electron chi connectivity index (χ0n) is 8.03. The summed E-state index contributed by atoms with van der Waals surface area (Å²) in [6.07, 6.45) is 7.57. The quantitative estimate of drug-likeness (QED) is 0.617. The molecule has 1 fully saturated rings. The van der Waals surface area contributed by atoms with Crippen molar-refractivity contribution in [1.82, 2.24) is 5.32 Å². The van der Waals surface area contributed by atoms with E-state index in [1.165, 1.54) is 44.1 Å². The maximum atomic E-state index is 5.83. The Morgan fingerprint density at radius 2 is 2.17 bits per heavy atom. The van der Waals surface area contributed by atoms with Gasteiger partial charge in [0.25, 0.3) is 0 Å². The summed E-state index contributed by atoms with van der Waals surface area (Å²) in [6, 6.07) is 0. The van der Waals surface area contributed by atoms with Gasteiger partial charge in [-0.3, -0.25) is 0 Å². The first-order chi connectivity index (χ1) is 5.84. The summed E-state index contributed by atoms with van der Waals surface area (Å²) in [4.78, 5) is 0. The van der Waals surface area contributed by atoms with Crippen LogP contribution < -0.4 is 11.1 Å². The predicted molar refractivity (Wildman–Crippen MR) is 52.6 cm³/mol. The first-order valence-corrected chi connectivity index (χ1v) is 5.06. The van der Waals surface area contributed by atoms with E-state index in [0.717, 1.165) is 12.4 Å². The van der Waals surface area contributed by atoms with Crippen molar-refractivity contribution in [1.29, 1.82) is 0 Å². The smallest absolute Gasteiger partial charge is 0.0951 e. The number of rotatable bonds is 5. The number of nitrogens with two attached hydrogens (primary N) is 1. The van der Waals surface area contributed by atoms with Crippen LogP contribution in [0, 0.1) is 0 Å². The molecular weight excluding hydrogens is 148 g/mol. The Labute approximate surface area is 75.2 Å². The van der Waals surface area contributed by atoms with Crippen molar-refractivity contribution in [3.63, 3.8) is 0 Å². The van der Waals surface area contributed by atoms with Crippen LogP contribution in [0.25, 0.3) is 0 Å². The molecule has 70 valence electrons. The molecule has 3 N–H and O–H groups in total. The van der Waals surface area contributed by atoms with Crippen LogP contribution in [0.1, 0.15) is 45.4 Å². The molecule has 0 radical (unpaired) electrons. The molecule has 1 aliphatic rings. The second-order valence-corrected chi connectivity index (χ2v) is 3.50. The highest BCUT2D eigenvalue weighted by atomic mass is 15.0. The predicted octanol–water partition coefficient (Wildman–Crippen LogP) is 2.12. The van der Waals surface area contributed by atoms with Crippen molar-refractivity contribution in [3.8, 4) is 0 Å². The topological polar surface area (TPSA) is 38.0 Å². The molecule has 0 aliphatic heterocycles. The lowest BCUT2D eigenvalue weighted by Crippen LogP contribution is -2.25. The lowest BCUT2D eigenvalue weighted by Gasteiger charge is -2.20. The number of allylic oxidation sites excluding steroid dienone is 1. The standard InChI is InChI=1S/C10H20N2/c1-2-3-4-8-12-10(11)9-6-5-7-9/h12H,2-8,11H2,1H3. The maximum Gasteiger partial charge on any atom is 0.0951 e. The van der Waals surface area contributed by atoms with Crippen LogP contribution in [0.2, 0.25) is 0 Å². The highest BCUT2D eigenvalue weighted by molar-refractivity contribution is 5.15. The van der Waals surface area contributed by atoms with Gasteiger partial charge in [0.15, 0.2) is 0 Å². The highest BCUT2D eigenvalue weighted by Gasteiger charge is 2.11. The molecule has 1 rings (SSSR count). The van der Waals surface area contributed by atoms with Crippen LogP contribution in [-0.4, -0.2) is 6.54 Å². The lowest BCUT2D eigenvalue weighted by atomic mass is 9.92. The summed E-state index contributed by atoms with van der Waals surface area (Å²) in [5, 5.41) is 3.28. The van der Waals surface area contributed by atoms with Gasteiger partial charge in [-0.25, -0.2) is 0 Å². The number of hydrogen-bond acceptors (Lipinski definition) is 2. The van der Waals surface area contributed by atoms with Crippen LogP contribution in [0.15, 0.2) is 11.4 Å². The molecule has 0 spiro atoms. The van der Waals surface area contributed by atoms with E-state index in [1.54, 1.807) is 0 Å². The SMILES string of the molecule is CCCCCNC(N)=C1CCC1. The van der Waals surface area contributed by atoms with Crippen LogP contribution in [0.3, 0.4) is 0 Å². The Balaban J connectivity index is 2.06. The summed E-state index contributed by atoms with van der Waals surface area (Å²) in [5.41, 5.74) is 7.27. The number of nitrogens with one attached hydrogen (secondary N) is 1. The van der Waals surface area contributed by atoms with Crippen molar-refractivity contribution in [2.24, 2.45) is 5.73 Å². The molecule has 1 aliphatic carbocycles. The van der Waals surface area contributed by atoms with Gasteiger partial charge in [0.2, 0.25) is 0 Å². The zero-order chi connectivity index (χ0) is 8.81. The van der Waals surface area contributed by atoms with E-state index in [1.807, 2.05) is 0 Å². The van der Waals surface area contributed by atoms with E-state index < -0.39 is 0 Å². The van der Waals surface area contributed by atoms with E-state index in [2.05, 4.69) is 12.2 Å². The molecule has 0 bridgehead atoms. The molecule has 0 saturated heterocycles. The monoisotopic (exact) mass is 168 g/mol. The number of unbranched alkanes of at least 4 members (excludes halogenated alkanes) is 2. The minimum atomic E-state index is 0.956. The molecule has 12 heavy (non-hydrogen) atoms. The van der Waals surface area contributed by atoms with Crippen molar-refractivity contribution in [2.45, 2.75) is 45.4 Å². The molecule has 2 heteroatoms. The summed E-state index contributed by atoms with van der Waals surface area (Å²) in [7, 11) is 0. The molecule has 0 heterocycles. The minimum absolute atomic E-state index is 0.956. The van der Waals surface area contributed by atoms with Crippen LogP contribution in [0.4, 0.5) is 0 Å². The Kier molecular flexibility index (Phi) is 3.98. The third-order valence-corrected chi connectivity index (χ3v) is 2.43. The van der Waals surface area contributed by atoms with Gasteiger partial charge in [0, 0.05) is 6.54 Å². The summed E-state index contributed by atoms with van der Waals surface area (Å²) < 4.78 is 0. The largest absolute Gasteiger partial charge is 0.386 e. The average Bonchev–Trinajstić information content (AvgIpc) is 1.95. The fourth-order valence-corrected chi connectivity index (χ4v) is 1.35. The van der Waals surface area contributed by atoms with Gasteiger partial charge in [-0.1, -0.05) is 19.8 Å². The van der Waals surface area contributed by atoms with Crippen LogP contribution >= 0.6 is 0 Å². The van der Waals surface area contributed by atoms with Crippen LogP contribution in [0.5, 0.6) is 0 Å². The second kappa shape index (κ2) is 5.07. The third kappa shape index (κ3) is 2.76. The average molecular weight is 168 g/mol. The Morgan fingerprint density at radius 1 is 1.42 bits per heavy atom. The van der Waals surface area contributed by atoms with Crippen molar-refractivity contribution < 1.29 is 0 Å². The molecule has 0 amide bonds. The van der Waals surface area contributed by atoms with E-state index in [9.17, 15) is 0 Å². The Morgan fingerprint density at radius 3 is 2.67 bits per heavy atom. The van der Waals surface area contributed by atoms with Gasteiger partial charge < -0.3 is 11.1 Å². The Hall–Kier alpha value is -0.660. The van der Waals surface area contributed by atoms with Gasteiger partial charge in [-0.05, 0) is 31.3 Å². The first-order valence-electron chi connectivity index (χ1n) is 5.06. The molecule has 0 aromatic carbocycles. The first kappa shape index (κ1) is 9.43. The summed E-state index contributed by atoms with van der Waals surface area (Å²) in [5.74, 6) is 0.956. The zero-order valence-corrected chi connectivity index (χ0v) is 8.03. The molecule has 0 unspecified atom stereocenters. The van der Waals surface area contributed by atoms with E-state index >= 15 is 0 Å². The fraction of sp³-hybridized carbons (Fsp3) is 0.800. The molecule has 0 aromatic rings. The lowest BCUT2D eigenvalue weighted by molar-refractivity contribution is 0.606. The molecule has 0 atom stereocenters. The summed E-state index contributed by atoms with van der Waals surface area (Å²) >= 11 is 0. The third-order valence-electron chi connectivity index (χ3n) is 2.43. The van der Waals surface area contributed by atoms with Gasteiger partial charge in [-0.15, -0.1) is 0 Å². The van der Waals surface area contributed by atoms with E-state index in [-0.39, 0.29) is 0 Å². The van der Waals surface area contributed by atoms with Gasteiger partial charge in [-0.2, -0.15) is 0 Å². The fourth-order valence-electron chi connectivity index (χ4n) is 1.35. The van der Waals surface area contributed by atoms with Crippen molar-refractivity contribution in [3.05, 3.63) is 11.4 Å². The van der Waals surface area contributed by atoms with Crippen molar-refractivity contribution in [2.75, 3.05) is 6.54 Å². The number of hydrogen-bond donors (Lipinski definition) is 2. The van der Waals surface area contributed by atoms with E-state index in [0.29, 0.717) is 0 Å². The Bertz CT molecular complexity index is 155. The van der Waals surface area contributed by atoms with Gasteiger partial charge in [0.1, 0.15) is 0 Å². The summed E-state index contributed by atoms with van der Waals surface area (Å²) in [6.45, 7) is 3.26.